The number of para-hydroxylation sites is 1. The number of hydrogen-bond acceptors (Lipinski definition) is 4. The Hall–Kier alpha value is -1.72. The first kappa shape index (κ1) is 14.2. The molecule has 2 aromatic heterocycles. The Morgan fingerprint density at radius 3 is 2.86 bits per heavy atom. The van der Waals surface area contributed by atoms with Crippen molar-refractivity contribution in [2.24, 2.45) is 0 Å². The predicted molar refractivity (Wildman–Crippen MR) is 87.5 cm³/mol. The fourth-order valence-corrected chi connectivity index (χ4v) is 3.28. The quantitative estimate of drug-likeness (QED) is 0.781. The first-order valence-corrected chi connectivity index (χ1v) is 8.10. The molecule has 4 nitrogen and oxygen atoms in total. The lowest BCUT2D eigenvalue weighted by Gasteiger charge is -2.09. The molecule has 2 heterocycles. The molecule has 0 amide bonds. The topological polar surface area (TPSA) is 42.7 Å². The third-order valence-corrected chi connectivity index (χ3v) is 4.71. The van der Waals surface area contributed by atoms with E-state index in [-0.39, 0.29) is 6.04 Å². The van der Waals surface area contributed by atoms with Gasteiger partial charge >= 0.3 is 0 Å². The maximum atomic E-state index is 4.72. The zero-order valence-electron chi connectivity index (χ0n) is 12.6. The number of rotatable bonds is 5. The Balaban J connectivity index is 1.79. The lowest BCUT2D eigenvalue weighted by Crippen LogP contribution is -2.18. The van der Waals surface area contributed by atoms with E-state index in [9.17, 15) is 0 Å². The van der Waals surface area contributed by atoms with Crippen LogP contribution in [0.2, 0.25) is 0 Å². The molecule has 110 valence electrons. The highest BCUT2D eigenvalue weighted by Gasteiger charge is 2.12. The van der Waals surface area contributed by atoms with Gasteiger partial charge in [-0.3, -0.25) is 4.68 Å². The lowest BCUT2D eigenvalue weighted by atomic mass is 10.2. The monoisotopic (exact) mass is 300 g/mol. The zero-order valence-corrected chi connectivity index (χ0v) is 13.4. The largest absolute Gasteiger partial charge is 0.302 e. The summed E-state index contributed by atoms with van der Waals surface area (Å²) in [7, 11) is 0. The minimum absolute atomic E-state index is 0.245. The molecule has 1 N–H and O–H groups in total. The summed E-state index contributed by atoms with van der Waals surface area (Å²) in [5.74, 6) is 0. The van der Waals surface area contributed by atoms with Crippen molar-refractivity contribution in [1.29, 1.82) is 0 Å². The summed E-state index contributed by atoms with van der Waals surface area (Å²) in [5, 5.41) is 10.6. The van der Waals surface area contributed by atoms with Crippen molar-refractivity contribution in [3.05, 3.63) is 46.0 Å². The van der Waals surface area contributed by atoms with Gasteiger partial charge in [-0.25, -0.2) is 4.98 Å². The molecule has 1 unspecified atom stereocenters. The summed E-state index contributed by atoms with van der Waals surface area (Å²) in [6, 6.07) is 8.65. The van der Waals surface area contributed by atoms with Crippen molar-refractivity contribution < 1.29 is 0 Å². The molecule has 0 spiro atoms. The lowest BCUT2D eigenvalue weighted by molar-refractivity contribution is 0.556. The minimum atomic E-state index is 0.245. The summed E-state index contributed by atoms with van der Waals surface area (Å²) in [4.78, 5) is 5.69. The van der Waals surface area contributed by atoms with Gasteiger partial charge in [0.1, 0.15) is 5.01 Å². The molecule has 0 radical (unpaired) electrons. The van der Waals surface area contributed by atoms with Crippen LogP contribution in [0.1, 0.15) is 35.5 Å². The van der Waals surface area contributed by atoms with E-state index in [2.05, 4.69) is 60.0 Å². The number of nitrogens with one attached hydrogen (secondary N) is 1. The van der Waals surface area contributed by atoms with E-state index in [4.69, 9.17) is 5.10 Å². The molecule has 0 saturated heterocycles. The van der Waals surface area contributed by atoms with Crippen molar-refractivity contribution in [3.8, 4) is 0 Å². The first-order valence-electron chi connectivity index (χ1n) is 7.29. The van der Waals surface area contributed by atoms with Crippen molar-refractivity contribution >= 4 is 22.2 Å². The average molecular weight is 300 g/mol. The standard InChI is InChI=1S/C16H20N4S/c1-4-20-15-8-6-5-7-13(15)14(19-20)10-17-12(3)16-18-9-11(2)21-16/h5-9,12,17H,4,10H2,1-3H3. The van der Waals surface area contributed by atoms with E-state index < -0.39 is 0 Å². The molecule has 0 bridgehead atoms. The van der Waals surface area contributed by atoms with Crippen LogP contribution in [0.5, 0.6) is 0 Å². The van der Waals surface area contributed by atoms with Crippen LogP contribution in [0.25, 0.3) is 10.9 Å². The number of benzene rings is 1. The van der Waals surface area contributed by atoms with Gasteiger partial charge in [0.25, 0.3) is 0 Å². The van der Waals surface area contributed by atoms with Gasteiger partial charge in [0.2, 0.25) is 0 Å². The van der Waals surface area contributed by atoms with Gasteiger partial charge in [-0.1, -0.05) is 18.2 Å². The number of aromatic nitrogens is 3. The van der Waals surface area contributed by atoms with Crippen LogP contribution in [0, 0.1) is 6.92 Å². The van der Waals surface area contributed by atoms with E-state index >= 15 is 0 Å². The SMILES string of the molecule is CCn1nc(CNC(C)c2ncc(C)s2)c2ccccc21. The third kappa shape index (κ3) is 2.84. The molecule has 21 heavy (non-hydrogen) atoms. The smallest absolute Gasteiger partial charge is 0.109 e. The van der Waals surface area contributed by atoms with Crippen molar-refractivity contribution in [1.82, 2.24) is 20.1 Å². The van der Waals surface area contributed by atoms with Gasteiger partial charge in [-0.15, -0.1) is 11.3 Å². The predicted octanol–water partition coefficient (Wildman–Crippen LogP) is 3.67. The molecule has 0 fully saturated rings. The molecule has 3 rings (SSSR count). The van der Waals surface area contributed by atoms with Gasteiger partial charge in [-0.2, -0.15) is 5.10 Å². The number of nitrogens with zero attached hydrogens (tertiary/aromatic N) is 3. The molecule has 0 aliphatic carbocycles. The second-order valence-electron chi connectivity index (χ2n) is 5.19. The first-order chi connectivity index (χ1) is 10.2. The molecule has 3 aromatic rings. The molecular formula is C16H20N4S. The maximum absolute atomic E-state index is 4.72. The van der Waals surface area contributed by atoms with Crippen molar-refractivity contribution in [2.75, 3.05) is 0 Å². The Morgan fingerprint density at radius 2 is 2.14 bits per heavy atom. The fraction of sp³-hybridized carbons (Fsp3) is 0.375. The maximum Gasteiger partial charge on any atom is 0.109 e. The normalized spacial score (nSPS) is 12.9. The summed E-state index contributed by atoms with van der Waals surface area (Å²) in [6.45, 7) is 8.01. The Labute approximate surface area is 128 Å². The number of hydrogen-bond donors (Lipinski definition) is 1. The molecule has 1 aromatic carbocycles. The van der Waals surface area contributed by atoms with E-state index in [1.54, 1.807) is 11.3 Å². The van der Waals surface area contributed by atoms with Crippen LogP contribution < -0.4 is 5.32 Å². The summed E-state index contributed by atoms with van der Waals surface area (Å²) in [5.41, 5.74) is 2.31. The summed E-state index contributed by atoms with van der Waals surface area (Å²) >= 11 is 1.75. The third-order valence-electron chi connectivity index (χ3n) is 3.62. The second-order valence-corrected chi connectivity index (χ2v) is 6.46. The number of thiazole rings is 1. The van der Waals surface area contributed by atoms with Crippen molar-refractivity contribution in [2.45, 2.75) is 39.9 Å². The van der Waals surface area contributed by atoms with Crippen LogP contribution in [0.15, 0.2) is 30.5 Å². The Bertz CT molecular complexity index is 744. The van der Waals surface area contributed by atoms with Crippen LogP contribution in [-0.4, -0.2) is 14.8 Å². The molecule has 0 aliphatic rings. The van der Waals surface area contributed by atoms with Crippen LogP contribution in [-0.2, 0) is 13.1 Å². The number of fused-ring (bicyclic) bond motifs is 1. The highest BCUT2D eigenvalue weighted by molar-refractivity contribution is 7.11. The molecular weight excluding hydrogens is 280 g/mol. The average Bonchev–Trinajstić information content (AvgIpc) is 3.09. The highest BCUT2D eigenvalue weighted by Crippen LogP contribution is 2.21. The van der Waals surface area contributed by atoms with Gasteiger partial charge in [-0.05, 0) is 26.8 Å². The Morgan fingerprint density at radius 1 is 1.33 bits per heavy atom. The summed E-state index contributed by atoms with van der Waals surface area (Å²) < 4.78 is 2.06. The van der Waals surface area contributed by atoms with Gasteiger partial charge in [0.15, 0.2) is 0 Å². The van der Waals surface area contributed by atoms with Crippen LogP contribution in [0.3, 0.4) is 0 Å². The molecule has 5 heteroatoms. The van der Waals surface area contributed by atoms with E-state index in [0.29, 0.717) is 0 Å². The van der Waals surface area contributed by atoms with E-state index in [1.807, 2.05) is 6.20 Å². The van der Waals surface area contributed by atoms with E-state index in [1.165, 1.54) is 15.8 Å². The zero-order chi connectivity index (χ0) is 14.8. The molecule has 0 saturated carbocycles. The van der Waals surface area contributed by atoms with Crippen LogP contribution >= 0.6 is 11.3 Å². The molecule has 1 atom stereocenters. The second kappa shape index (κ2) is 5.95. The van der Waals surface area contributed by atoms with Gasteiger partial charge in [0.05, 0.1) is 17.3 Å². The summed E-state index contributed by atoms with van der Waals surface area (Å²) in [6.07, 6.45) is 1.93. The van der Waals surface area contributed by atoms with Crippen LogP contribution in [0.4, 0.5) is 0 Å². The van der Waals surface area contributed by atoms with Crippen molar-refractivity contribution in [3.63, 3.8) is 0 Å². The minimum Gasteiger partial charge on any atom is -0.302 e. The Kier molecular flexibility index (Phi) is 4.03. The fourth-order valence-electron chi connectivity index (χ4n) is 2.48. The van der Waals surface area contributed by atoms with E-state index in [0.717, 1.165) is 23.8 Å². The molecule has 0 aliphatic heterocycles. The number of aryl methyl sites for hydroxylation is 2. The highest BCUT2D eigenvalue weighted by atomic mass is 32.1. The van der Waals surface area contributed by atoms with Gasteiger partial charge in [0, 0.05) is 29.5 Å². The van der Waals surface area contributed by atoms with Gasteiger partial charge < -0.3 is 5.32 Å².